The van der Waals surface area contributed by atoms with Crippen LogP contribution in [0.1, 0.15) is 50.6 Å². The molecule has 1 atom stereocenters. The Kier molecular flexibility index (Phi) is 4.83. The maximum absolute atomic E-state index is 10.2. The van der Waals surface area contributed by atoms with Gasteiger partial charge in [-0.05, 0) is 44.0 Å². The molecule has 2 N–H and O–H groups in total. The molecule has 0 heterocycles. The third-order valence-corrected chi connectivity index (χ3v) is 4.08. The van der Waals surface area contributed by atoms with Crippen molar-refractivity contribution in [3.05, 3.63) is 29.8 Å². The molecule has 1 aromatic carbocycles. The Labute approximate surface area is 116 Å². The van der Waals surface area contributed by atoms with E-state index < -0.39 is 5.60 Å². The first-order chi connectivity index (χ1) is 9.17. The van der Waals surface area contributed by atoms with E-state index in [0.29, 0.717) is 12.6 Å². The predicted molar refractivity (Wildman–Crippen MR) is 77.4 cm³/mol. The minimum Gasteiger partial charge on any atom is -0.491 e. The van der Waals surface area contributed by atoms with Gasteiger partial charge in [-0.2, -0.15) is 0 Å². The fourth-order valence-corrected chi connectivity index (χ4v) is 2.80. The van der Waals surface area contributed by atoms with Crippen LogP contribution in [0.2, 0.25) is 0 Å². The molecule has 1 saturated carbocycles. The molecular weight excluding hydrogens is 238 g/mol. The summed E-state index contributed by atoms with van der Waals surface area (Å²) in [6.45, 7) is 2.58. The Bertz CT molecular complexity index is 378. The van der Waals surface area contributed by atoms with Crippen molar-refractivity contribution in [3.63, 3.8) is 0 Å². The summed E-state index contributed by atoms with van der Waals surface area (Å²) >= 11 is 0. The standard InChI is InChI=1S/C16H25NO2/c1-3-15(17-2)13-6-8-14(9-7-13)19-12-16(18)10-4-5-11-16/h6-9,15,17-18H,3-5,10-12H2,1-2H3. The quantitative estimate of drug-likeness (QED) is 0.829. The molecule has 1 aromatic rings. The van der Waals surface area contributed by atoms with Crippen molar-refractivity contribution in [2.75, 3.05) is 13.7 Å². The molecule has 3 heteroatoms. The van der Waals surface area contributed by atoms with Gasteiger partial charge in [0.2, 0.25) is 0 Å². The number of rotatable bonds is 6. The summed E-state index contributed by atoms with van der Waals surface area (Å²) in [5, 5.41) is 13.5. The highest BCUT2D eigenvalue weighted by Crippen LogP contribution is 2.30. The van der Waals surface area contributed by atoms with Crippen LogP contribution < -0.4 is 10.1 Å². The zero-order valence-corrected chi connectivity index (χ0v) is 12.0. The van der Waals surface area contributed by atoms with E-state index in [1.807, 2.05) is 19.2 Å². The second-order valence-electron chi connectivity index (χ2n) is 5.54. The van der Waals surface area contributed by atoms with E-state index in [1.165, 1.54) is 5.56 Å². The molecule has 19 heavy (non-hydrogen) atoms. The molecule has 0 amide bonds. The zero-order valence-electron chi connectivity index (χ0n) is 12.0. The highest BCUT2D eigenvalue weighted by molar-refractivity contribution is 5.29. The summed E-state index contributed by atoms with van der Waals surface area (Å²) in [6.07, 6.45) is 5.01. The Morgan fingerprint density at radius 3 is 2.42 bits per heavy atom. The largest absolute Gasteiger partial charge is 0.491 e. The fourth-order valence-electron chi connectivity index (χ4n) is 2.80. The molecule has 1 aliphatic rings. The van der Waals surface area contributed by atoms with Crippen LogP contribution >= 0.6 is 0 Å². The molecule has 106 valence electrons. The number of benzene rings is 1. The maximum Gasteiger partial charge on any atom is 0.119 e. The summed E-state index contributed by atoms with van der Waals surface area (Å²) in [5.41, 5.74) is 0.673. The lowest BCUT2D eigenvalue weighted by Gasteiger charge is -2.22. The summed E-state index contributed by atoms with van der Waals surface area (Å²) < 4.78 is 5.72. The van der Waals surface area contributed by atoms with Crippen LogP contribution in [0.4, 0.5) is 0 Å². The fraction of sp³-hybridized carbons (Fsp3) is 0.625. The highest BCUT2D eigenvalue weighted by Gasteiger charge is 2.31. The van der Waals surface area contributed by atoms with Crippen molar-refractivity contribution in [3.8, 4) is 5.75 Å². The van der Waals surface area contributed by atoms with Gasteiger partial charge in [-0.1, -0.05) is 31.9 Å². The van der Waals surface area contributed by atoms with Crippen molar-refractivity contribution in [1.82, 2.24) is 5.32 Å². The van der Waals surface area contributed by atoms with E-state index in [0.717, 1.165) is 37.9 Å². The van der Waals surface area contributed by atoms with Crippen LogP contribution in [0, 0.1) is 0 Å². The summed E-state index contributed by atoms with van der Waals surface area (Å²) in [4.78, 5) is 0. The van der Waals surface area contributed by atoms with Gasteiger partial charge in [-0.15, -0.1) is 0 Å². The Balaban J connectivity index is 1.91. The number of nitrogens with one attached hydrogen (secondary N) is 1. The van der Waals surface area contributed by atoms with Crippen LogP contribution in [0.15, 0.2) is 24.3 Å². The number of ether oxygens (including phenoxy) is 1. The third-order valence-electron chi connectivity index (χ3n) is 4.08. The molecule has 0 radical (unpaired) electrons. The van der Waals surface area contributed by atoms with Gasteiger partial charge in [0.1, 0.15) is 12.4 Å². The van der Waals surface area contributed by atoms with Gasteiger partial charge >= 0.3 is 0 Å². The SMILES string of the molecule is CCC(NC)c1ccc(OCC2(O)CCCC2)cc1. The molecule has 0 spiro atoms. The van der Waals surface area contributed by atoms with E-state index >= 15 is 0 Å². The van der Waals surface area contributed by atoms with Gasteiger partial charge in [-0.25, -0.2) is 0 Å². The Morgan fingerprint density at radius 1 is 1.26 bits per heavy atom. The van der Waals surface area contributed by atoms with Gasteiger partial charge in [0, 0.05) is 6.04 Å². The van der Waals surface area contributed by atoms with E-state index in [4.69, 9.17) is 4.74 Å². The zero-order chi connectivity index (χ0) is 13.7. The van der Waals surface area contributed by atoms with Crippen molar-refractivity contribution in [2.24, 2.45) is 0 Å². The van der Waals surface area contributed by atoms with Crippen LogP contribution in [0.5, 0.6) is 5.75 Å². The molecule has 0 bridgehead atoms. The number of hydrogen-bond acceptors (Lipinski definition) is 3. The van der Waals surface area contributed by atoms with E-state index in [2.05, 4.69) is 24.4 Å². The number of hydrogen-bond donors (Lipinski definition) is 2. The number of aliphatic hydroxyl groups is 1. The van der Waals surface area contributed by atoms with Gasteiger partial charge in [0.25, 0.3) is 0 Å². The normalized spacial score (nSPS) is 19.3. The topological polar surface area (TPSA) is 41.5 Å². The van der Waals surface area contributed by atoms with Crippen molar-refractivity contribution in [1.29, 1.82) is 0 Å². The van der Waals surface area contributed by atoms with Gasteiger partial charge in [0.15, 0.2) is 0 Å². The van der Waals surface area contributed by atoms with Crippen molar-refractivity contribution in [2.45, 2.75) is 50.7 Å². The molecule has 1 fully saturated rings. The van der Waals surface area contributed by atoms with Crippen molar-refractivity contribution < 1.29 is 9.84 Å². The first kappa shape index (κ1) is 14.4. The van der Waals surface area contributed by atoms with Gasteiger partial charge < -0.3 is 15.2 Å². The van der Waals surface area contributed by atoms with E-state index in [1.54, 1.807) is 0 Å². The van der Waals surface area contributed by atoms with Crippen molar-refractivity contribution >= 4 is 0 Å². The lowest BCUT2D eigenvalue weighted by atomic mass is 10.0. The second-order valence-corrected chi connectivity index (χ2v) is 5.54. The summed E-state index contributed by atoms with van der Waals surface area (Å²) in [6, 6.07) is 8.58. The van der Waals surface area contributed by atoms with E-state index in [-0.39, 0.29) is 0 Å². The van der Waals surface area contributed by atoms with Crippen LogP contribution in [-0.4, -0.2) is 24.4 Å². The second kappa shape index (κ2) is 6.40. The van der Waals surface area contributed by atoms with Crippen LogP contribution in [-0.2, 0) is 0 Å². The van der Waals surface area contributed by atoms with E-state index in [9.17, 15) is 5.11 Å². The van der Waals surface area contributed by atoms with Gasteiger partial charge in [0.05, 0.1) is 5.60 Å². The molecule has 0 saturated heterocycles. The van der Waals surface area contributed by atoms with Crippen LogP contribution in [0.25, 0.3) is 0 Å². The van der Waals surface area contributed by atoms with Crippen LogP contribution in [0.3, 0.4) is 0 Å². The Hall–Kier alpha value is -1.06. The van der Waals surface area contributed by atoms with Gasteiger partial charge in [-0.3, -0.25) is 0 Å². The predicted octanol–water partition coefficient (Wildman–Crippen LogP) is 3.04. The third kappa shape index (κ3) is 3.71. The Morgan fingerprint density at radius 2 is 1.89 bits per heavy atom. The monoisotopic (exact) mass is 263 g/mol. The summed E-state index contributed by atoms with van der Waals surface area (Å²) in [7, 11) is 1.98. The molecule has 0 aromatic heterocycles. The minimum atomic E-state index is -0.602. The average Bonchev–Trinajstić information content (AvgIpc) is 2.87. The average molecular weight is 263 g/mol. The lowest BCUT2D eigenvalue weighted by Crippen LogP contribution is -2.32. The maximum atomic E-state index is 10.2. The first-order valence-electron chi connectivity index (χ1n) is 7.29. The molecule has 1 aliphatic carbocycles. The summed E-state index contributed by atoms with van der Waals surface area (Å²) in [5.74, 6) is 0.843. The molecular formula is C16H25NO2. The minimum absolute atomic E-state index is 0.396. The highest BCUT2D eigenvalue weighted by atomic mass is 16.5. The molecule has 0 aliphatic heterocycles. The first-order valence-corrected chi connectivity index (χ1v) is 7.29. The lowest BCUT2D eigenvalue weighted by molar-refractivity contribution is 0.00140. The molecule has 2 rings (SSSR count). The molecule has 1 unspecified atom stereocenters. The smallest absolute Gasteiger partial charge is 0.119 e. The molecule has 3 nitrogen and oxygen atoms in total.